The molecule has 4 aromatic rings. The van der Waals surface area contributed by atoms with Crippen LogP contribution in [0.2, 0.25) is 0 Å². The number of ether oxygens (including phenoxy) is 2. The van der Waals surface area contributed by atoms with Gasteiger partial charge in [-0.3, -0.25) is 13.9 Å². The number of hydrogen-bond donors (Lipinski definition) is 1. The summed E-state index contributed by atoms with van der Waals surface area (Å²) in [5.74, 6) is 0.0821. The third kappa shape index (κ3) is 8.31. The summed E-state index contributed by atoms with van der Waals surface area (Å²) >= 11 is 0. The Bertz CT molecular complexity index is 1740. The Labute approximate surface area is 277 Å². The number of sulfonamides is 1. The van der Waals surface area contributed by atoms with Crippen LogP contribution < -0.4 is 19.1 Å². The Kier molecular flexibility index (Phi) is 11.2. The maximum Gasteiger partial charge on any atom is 0.264 e. The average Bonchev–Trinajstić information content (AvgIpc) is 3.62. The number of carbonyl (C=O) groups excluding carboxylic acids is 2. The average molecular weight is 656 g/mol. The molecule has 1 fully saturated rings. The van der Waals surface area contributed by atoms with Crippen molar-refractivity contribution in [3.05, 3.63) is 120 Å². The molecule has 0 bridgehead atoms. The molecule has 5 rings (SSSR count). The summed E-state index contributed by atoms with van der Waals surface area (Å²) in [7, 11) is -1.22. The van der Waals surface area contributed by atoms with E-state index in [4.69, 9.17) is 9.47 Å². The van der Waals surface area contributed by atoms with E-state index < -0.39 is 28.5 Å². The van der Waals surface area contributed by atoms with Gasteiger partial charge in [0.25, 0.3) is 10.0 Å². The highest BCUT2D eigenvalue weighted by atomic mass is 32.2. The minimum atomic E-state index is -4.24. The van der Waals surface area contributed by atoms with Crippen LogP contribution in [-0.4, -0.2) is 58.0 Å². The predicted octanol–water partition coefficient (Wildman–Crippen LogP) is 5.60. The van der Waals surface area contributed by atoms with E-state index in [-0.39, 0.29) is 35.5 Å². The van der Waals surface area contributed by atoms with Gasteiger partial charge in [-0.1, -0.05) is 85.6 Å². The third-order valence-corrected chi connectivity index (χ3v) is 10.2. The van der Waals surface area contributed by atoms with Gasteiger partial charge in [0.15, 0.2) is 0 Å². The Morgan fingerprint density at radius 3 is 2.13 bits per heavy atom. The minimum absolute atomic E-state index is 0.0258. The van der Waals surface area contributed by atoms with E-state index in [1.54, 1.807) is 55.6 Å². The van der Waals surface area contributed by atoms with Crippen molar-refractivity contribution < 1.29 is 27.5 Å². The number of hydrogen-bond acceptors (Lipinski definition) is 6. The van der Waals surface area contributed by atoms with E-state index in [0.717, 1.165) is 41.1 Å². The van der Waals surface area contributed by atoms with Gasteiger partial charge in [-0.05, 0) is 60.4 Å². The van der Waals surface area contributed by atoms with Gasteiger partial charge in [0.1, 0.15) is 24.1 Å². The lowest BCUT2D eigenvalue weighted by Gasteiger charge is -2.34. The Morgan fingerprint density at radius 1 is 0.809 bits per heavy atom. The largest absolute Gasteiger partial charge is 0.497 e. The van der Waals surface area contributed by atoms with Crippen LogP contribution >= 0.6 is 0 Å². The molecule has 246 valence electrons. The number of anilines is 1. The van der Waals surface area contributed by atoms with Gasteiger partial charge in [-0.25, -0.2) is 8.42 Å². The molecular weight excluding hydrogens is 614 g/mol. The molecule has 0 saturated heterocycles. The zero-order chi connectivity index (χ0) is 33.2. The Hall–Kier alpha value is -4.83. The first-order valence-electron chi connectivity index (χ1n) is 15.8. The molecule has 0 radical (unpaired) electrons. The van der Waals surface area contributed by atoms with E-state index in [0.29, 0.717) is 11.5 Å². The smallest absolute Gasteiger partial charge is 0.264 e. The fourth-order valence-corrected chi connectivity index (χ4v) is 7.40. The van der Waals surface area contributed by atoms with Gasteiger partial charge < -0.3 is 19.7 Å². The van der Waals surface area contributed by atoms with Crippen molar-refractivity contribution in [1.82, 2.24) is 10.2 Å². The summed E-state index contributed by atoms with van der Waals surface area (Å²) in [6, 6.07) is 30.6. The van der Waals surface area contributed by atoms with Crippen LogP contribution in [0.3, 0.4) is 0 Å². The Balaban J connectivity index is 1.59. The van der Waals surface area contributed by atoms with Gasteiger partial charge in [0.05, 0.1) is 24.8 Å². The molecule has 1 N–H and O–H groups in total. The van der Waals surface area contributed by atoms with Crippen molar-refractivity contribution in [2.75, 3.05) is 25.1 Å². The first-order valence-corrected chi connectivity index (χ1v) is 17.2. The minimum Gasteiger partial charge on any atom is -0.497 e. The third-order valence-electron chi connectivity index (χ3n) is 8.42. The fourth-order valence-electron chi connectivity index (χ4n) is 5.96. The second-order valence-electron chi connectivity index (χ2n) is 11.6. The maximum absolute atomic E-state index is 14.7. The molecule has 0 unspecified atom stereocenters. The van der Waals surface area contributed by atoms with Crippen LogP contribution in [0.5, 0.6) is 11.5 Å². The molecule has 0 spiro atoms. The van der Waals surface area contributed by atoms with E-state index in [2.05, 4.69) is 5.32 Å². The normalized spacial score (nSPS) is 13.8. The van der Waals surface area contributed by atoms with Crippen molar-refractivity contribution in [3.63, 3.8) is 0 Å². The second-order valence-corrected chi connectivity index (χ2v) is 13.4. The van der Waals surface area contributed by atoms with Gasteiger partial charge >= 0.3 is 0 Å². The van der Waals surface area contributed by atoms with Crippen molar-refractivity contribution >= 4 is 27.5 Å². The number of methoxy groups -OCH3 is 2. The number of nitrogens with one attached hydrogen (secondary N) is 1. The van der Waals surface area contributed by atoms with Gasteiger partial charge in [-0.2, -0.15) is 0 Å². The molecule has 0 heterocycles. The molecule has 1 aliphatic carbocycles. The molecule has 4 aromatic carbocycles. The first kappa shape index (κ1) is 33.5. The zero-order valence-corrected chi connectivity index (χ0v) is 27.6. The molecular formula is C37H41N3O6S. The van der Waals surface area contributed by atoms with Crippen LogP contribution in [0.15, 0.2) is 114 Å². The standard InChI is InChI=1S/C37H41N3O6S/c1-45-31-19-13-16-29(24-31)26-39(34(25-28-14-5-3-6-15-28)37(42)38-30-17-9-10-18-30)36(41)27-40(33-22-11-12-23-35(33)46-2)47(43,44)32-20-7-4-8-21-32/h3-8,11-16,19-24,30,34H,9-10,17-18,25-27H2,1-2H3,(H,38,42)/t34-/m0/s1. The topological polar surface area (TPSA) is 105 Å². The number of para-hydroxylation sites is 2. The van der Waals surface area contributed by atoms with Gasteiger partial charge in [0, 0.05) is 19.0 Å². The molecule has 0 aromatic heterocycles. The predicted molar refractivity (Wildman–Crippen MR) is 182 cm³/mol. The zero-order valence-electron chi connectivity index (χ0n) is 26.7. The molecule has 1 aliphatic rings. The van der Waals surface area contributed by atoms with E-state index >= 15 is 0 Å². The summed E-state index contributed by atoms with van der Waals surface area (Å²) < 4.78 is 40.5. The van der Waals surface area contributed by atoms with Gasteiger partial charge in [-0.15, -0.1) is 0 Å². The highest BCUT2D eigenvalue weighted by Gasteiger charge is 2.36. The van der Waals surface area contributed by atoms with Crippen LogP contribution in [0.25, 0.3) is 0 Å². The number of nitrogens with zero attached hydrogens (tertiary/aromatic N) is 2. The molecule has 10 heteroatoms. The first-order chi connectivity index (χ1) is 22.8. The lowest BCUT2D eigenvalue weighted by molar-refractivity contribution is -0.140. The number of carbonyl (C=O) groups is 2. The number of rotatable bonds is 14. The van der Waals surface area contributed by atoms with Crippen LogP contribution in [-0.2, 0) is 32.6 Å². The summed E-state index contributed by atoms with van der Waals surface area (Å²) in [4.78, 5) is 30.4. The van der Waals surface area contributed by atoms with E-state index in [1.165, 1.54) is 24.1 Å². The van der Waals surface area contributed by atoms with E-state index in [9.17, 15) is 18.0 Å². The SMILES string of the molecule is COc1cccc(CN(C(=O)CN(c2ccccc2OC)S(=O)(=O)c2ccccc2)[C@@H](Cc2ccccc2)C(=O)NC2CCCC2)c1. The van der Waals surface area contributed by atoms with Gasteiger partial charge in [0.2, 0.25) is 11.8 Å². The summed E-state index contributed by atoms with van der Waals surface area (Å²) in [5.41, 5.74) is 1.82. The molecule has 1 saturated carbocycles. The highest BCUT2D eigenvalue weighted by molar-refractivity contribution is 7.92. The summed E-state index contributed by atoms with van der Waals surface area (Å²) in [6.45, 7) is -0.514. The quantitative estimate of drug-likeness (QED) is 0.190. The number of amides is 2. The molecule has 1 atom stereocenters. The fraction of sp³-hybridized carbons (Fsp3) is 0.297. The van der Waals surface area contributed by atoms with Crippen molar-refractivity contribution in [2.45, 2.75) is 55.6 Å². The molecule has 2 amide bonds. The van der Waals surface area contributed by atoms with Crippen molar-refractivity contribution in [3.8, 4) is 11.5 Å². The molecule has 9 nitrogen and oxygen atoms in total. The molecule has 47 heavy (non-hydrogen) atoms. The second kappa shape index (κ2) is 15.6. The highest BCUT2D eigenvalue weighted by Crippen LogP contribution is 2.33. The Morgan fingerprint density at radius 2 is 1.45 bits per heavy atom. The van der Waals surface area contributed by atoms with E-state index in [1.807, 2.05) is 48.5 Å². The van der Waals surface area contributed by atoms with Crippen molar-refractivity contribution in [2.24, 2.45) is 0 Å². The lowest BCUT2D eigenvalue weighted by Crippen LogP contribution is -2.54. The maximum atomic E-state index is 14.7. The lowest BCUT2D eigenvalue weighted by atomic mass is 10.0. The summed E-state index contributed by atoms with van der Waals surface area (Å²) in [5, 5.41) is 3.19. The van der Waals surface area contributed by atoms with Crippen LogP contribution in [0, 0.1) is 0 Å². The molecule has 0 aliphatic heterocycles. The number of benzene rings is 4. The van der Waals surface area contributed by atoms with Crippen molar-refractivity contribution in [1.29, 1.82) is 0 Å². The summed E-state index contributed by atoms with van der Waals surface area (Å²) in [6.07, 6.45) is 4.07. The van der Waals surface area contributed by atoms with Crippen LogP contribution in [0.4, 0.5) is 5.69 Å². The monoisotopic (exact) mass is 655 g/mol. The van der Waals surface area contributed by atoms with Crippen LogP contribution in [0.1, 0.15) is 36.8 Å².